The molecule has 0 aliphatic carbocycles. The SMILES string of the molecule is CS(=O)(=O)Nc1cc(-n2cnnn2)ccc1F. The maximum Gasteiger partial charge on any atom is 0.229 e. The molecule has 0 amide bonds. The molecule has 0 radical (unpaired) electrons. The fourth-order valence-corrected chi connectivity index (χ4v) is 1.77. The van der Waals surface area contributed by atoms with Gasteiger partial charge in [-0.1, -0.05) is 0 Å². The minimum atomic E-state index is -3.54. The van der Waals surface area contributed by atoms with E-state index in [0.29, 0.717) is 5.69 Å². The predicted octanol–water partition coefficient (Wildman–Crippen LogP) is 0.173. The van der Waals surface area contributed by atoms with Gasteiger partial charge >= 0.3 is 0 Å². The Hall–Kier alpha value is -2.03. The number of anilines is 1. The summed E-state index contributed by atoms with van der Waals surface area (Å²) in [6, 6.07) is 3.86. The van der Waals surface area contributed by atoms with Crippen LogP contribution in [0.2, 0.25) is 0 Å². The Morgan fingerprint density at radius 1 is 1.41 bits per heavy atom. The van der Waals surface area contributed by atoms with Gasteiger partial charge in [0.05, 0.1) is 17.6 Å². The molecule has 1 N–H and O–H groups in total. The quantitative estimate of drug-likeness (QED) is 0.846. The van der Waals surface area contributed by atoms with E-state index in [-0.39, 0.29) is 5.69 Å². The number of hydrogen-bond donors (Lipinski definition) is 1. The summed E-state index contributed by atoms with van der Waals surface area (Å²) < 4.78 is 38.8. The molecule has 0 saturated carbocycles. The van der Waals surface area contributed by atoms with Crippen LogP contribution in [0.1, 0.15) is 0 Å². The van der Waals surface area contributed by atoms with Crippen molar-refractivity contribution in [1.29, 1.82) is 0 Å². The van der Waals surface area contributed by atoms with Crippen molar-refractivity contribution in [3.8, 4) is 5.69 Å². The van der Waals surface area contributed by atoms with E-state index in [0.717, 1.165) is 12.3 Å². The van der Waals surface area contributed by atoms with Crippen LogP contribution in [0, 0.1) is 5.82 Å². The second kappa shape index (κ2) is 4.09. The van der Waals surface area contributed by atoms with Gasteiger partial charge in [-0.05, 0) is 28.6 Å². The second-order valence-corrected chi connectivity index (χ2v) is 5.04. The van der Waals surface area contributed by atoms with Crippen LogP contribution in [0.4, 0.5) is 10.1 Å². The van der Waals surface area contributed by atoms with Crippen molar-refractivity contribution in [2.24, 2.45) is 0 Å². The minimum absolute atomic E-state index is 0.152. The molecule has 0 spiro atoms. The first-order chi connectivity index (χ1) is 7.96. The van der Waals surface area contributed by atoms with Crippen LogP contribution in [0.25, 0.3) is 5.69 Å². The summed E-state index contributed by atoms with van der Waals surface area (Å²) in [4.78, 5) is 0. The maximum atomic E-state index is 13.4. The van der Waals surface area contributed by atoms with Gasteiger partial charge in [0.15, 0.2) is 0 Å². The molecule has 1 aromatic heterocycles. The van der Waals surface area contributed by atoms with Crippen LogP contribution in [-0.4, -0.2) is 34.9 Å². The molecule has 1 aromatic carbocycles. The molecule has 0 unspecified atom stereocenters. The molecule has 9 heteroatoms. The van der Waals surface area contributed by atoms with Gasteiger partial charge in [0.1, 0.15) is 12.1 Å². The zero-order chi connectivity index (χ0) is 12.5. The van der Waals surface area contributed by atoms with Gasteiger partial charge < -0.3 is 0 Å². The lowest BCUT2D eigenvalue weighted by Crippen LogP contribution is -2.11. The number of tetrazole rings is 1. The molecule has 7 nitrogen and oxygen atoms in total. The zero-order valence-electron chi connectivity index (χ0n) is 8.70. The third-order valence-corrected chi connectivity index (χ3v) is 2.45. The normalized spacial score (nSPS) is 11.4. The Kier molecular flexibility index (Phi) is 2.76. The first-order valence-corrected chi connectivity index (χ1v) is 6.35. The summed E-state index contributed by atoms with van der Waals surface area (Å²) in [6.07, 6.45) is 2.26. The highest BCUT2D eigenvalue weighted by atomic mass is 32.2. The van der Waals surface area contributed by atoms with E-state index in [1.54, 1.807) is 0 Å². The average Bonchev–Trinajstić information content (AvgIpc) is 2.72. The summed E-state index contributed by atoms with van der Waals surface area (Å²) in [7, 11) is -3.54. The average molecular weight is 257 g/mol. The molecule has 17 heavy (non-hydrogen) atoms. The van der Waals surface area contributed by atoms with Gasteiger partial charge in [0.25, 0.3) is 0 Å². The van der Waals surface area contributed by atoms with E-state index in [2.05, 4.69) is 20.2 Å². The second-order valence-electron chi connectivity index (χ2n) is 3.29. The van der Waals surface area contributed by atoms with Crippen molar-refractivity contribution in [2.75, 3.05) is 11.0 Å². The summed E-state index contributed by atoms with van der Waals surface area (Å²) in [5, 5.41) is 10.5. The summed E-state index contributed by atoms with van der Waals surface area (Å²) in [5.74, 6) is -0.674. The molecule has 0 aliphatic rings. The number of aromatic nitrogens is 4. The van der Waals surface area contributed by atoms with Crippen LogP contribution in [-0.2, 0) is 10.0 Å². The van der Waals surface area contributed by atoms with Crippen molar-refractivity contribution >= 4 is 15.7 Å². The molecule has 90 valence electrons. The Labute approximate surface area is 96.3 Å². The predicted molar refractivity (Wildman–Crippen MR) is 57.6 cm³/mol. The van der Waals surface area contributed by atoms with Crippen LogP contribution >= 0.6 is 0 Å². The molecule has 0 atom stereocenters. The smallest absolute Gasteiger partial charge is 0.229 e. The molecule has 2 rings (SSSR count). The van der Waals surface area contributed by atoms with Crippen molar-refractivity contribution in [3.05, 3.63) is 30.3 Å². The van der Waals surface area contributed by atoms with E-state index in [4.69, 9.17) is 0 Å². The van der Waals surface area contributed by atoms with E-state index >= 15 is 0 Å². The Morgan fingerprint density at radius 3 is 2.76 bits per heavy atom. The number of rotatable bonds is 3. The van der Waals surface area contributed by atoms with Gasteiger partial charge in [-0.15, -0.1) is 5.10 Å². The lowest BCUT2D eigenvalue weighted by molar-refractivity contribution is 0.603. The van der Waals surface area contributed by atoms with Gasteiger partial charge in [-0.25, -0.2) is 17.5 Å². The Balaban J connectivity index is 2.43. The van der Waals surface area contributed by atoms with E-state index < -0.39 is 15.8 Å². The Bertz CT molecular complexity index is 625. The molecule has 1 heterocycles. The Morgan fingerprint density at radius 2 is 2.18 bits per heavy atom. The third kappa shape index (κ3) is 2.75. The summed E-state index contributed by atoms with van der Waals surface area (Å²) >= 11 is 0. The van der Waals surface area contributed by atoms with E-state index in [9.17, 15) is 12.8 Å². The highest BCUT2D eigenvalue weighted by Gasteiger charge is 2.09. The lowest BCUT2D eigenvalue weighted by atomic mass is 10.3. The van der Waals surface area contributed by atoms with Crippen molar-refractivity contribution in [2.45, 2.75) is 0 Å². The molecule has 2 aromatic rings. The first kappa shape index (κ1) is 11.5. The number of nitrogens with zero attached hydrogens (tertiary/aromatic N) is 4. The van der Waals surface area contributed by atoms with Gasteiger partial charge in [0, 0.05) is 0 Å². The van der Waals surface area contributed by atoms with E-state index in [1.165, 1.54) is 23.1 Å². The third-order valence-electron chi connectivity index (χ3n) is 1.86. The summed E-state index contributed by atoms with van der Waals surface area (Å²) in [6.45, 7) is 0. The number of hydrogen-bond acceptors (Lipinski definition) is 5. The van der Waals surface area contributed by atoms with Crippen molar-refractivity contribution < 1.29 is 12.8 Å². The molecule has 0 bridgehead atoms. The van der Waals surface area contributed by atoms with Crippen LogP contribution in [0.15, 0.2) is 24.5 Å². The first-order valence-electron chi connectivity index (χ1n) is 4.46. The summed E-state index contributed by atoms with van der Waals surface area (Å²) in [5.41, 5.74) is 0.294. The highest BCUT2D eigenvalue weighted by molar-refractivity contribution is 7.92. The number of nitrogens with one attached hydrogen (secondary N) is 1. The number of halogens is 1. The van der Waals surface area contributed by atoms with Crippen molar-refractivity contribution in [3.63, 3.8) is 0 Å². The molecule has 0 aliphatic heterocycles. The van der Waals surface area contributed by atoms with Gasteiger partial charge in [-0.2, -0.15) is 0 Å². The van der Waals surface area contributed by atoms with Crippen molar-refractivity contribution in [1.82, 2.24) is 20.2 Å². The van der Waals surface area contributed by atoms with Crippen LogP contribution in [0.3, 0.4) is 0 Å². The fourth-order valence-electron chi connectivity index (χ4n) is 1.21. The highest BCUT2D eigenvalue weighted by Crippen LogP contribution is 2.18. The number of sulfonamides is 1. The standard InChI is InChI=1S/C8H8FN5O2S/c1-17(15,16)11-8-4-6(2-3-7(8)9)14-5-10-12-13-14/h2-5,11H,1H3. The monoisotopic (exact) mass is 257 g/mol. The zero-order valence-corrected chi connectivity index (χ0v) is 9.52. The molecular weight excluding hydrogens is 249 g/mol. The number of benzene rings is 1. The molecule has 0 saturated heterocycles. The minimum Gasteiger partial charge on any atom is -0.281 e. The molecular formula is C8H8FN5O2S. The van der Waals surface area contributed by atoms with Crippen LogP contribution < -0.4 is 4.72 Å². The molecule has 0 fully saturated rings. The fraction of sp³-hybridized carbons (Fsp3) is 0.125. The topological polar surface area (TPSA) is 89.8 Å². The largest absolute Gasteiger partial charge is 0.281 e. The van der Waals surface area contributed by atoms with Gasteiger partial charge in [0.2, 0.25) is 10.0 Å². The van der Waals surface area contributed by atoms with Gasteiger partial charge in [-0.3, -0.25) is 4.72 Å². The van der Waals surface area contributed by atoms with E-state index in [1.807, 2.05) is 0 Å². The maximum absolute atomic E-state index is 13.4. The lowest BCUT2D eigenvalue weighted by Gasteiger charge is -2.07. The van der Waals surface area contributed by atoms with Crippen LogP contribution in [0.5, 0.6) is 0 Å².